The number of nitrogens with zero attached hydrogens (tertiary/aromatic N) is 3. The van der Waals surface area contributed by atoms with Gasteiger partial charge in [0.2, 0.25) is 11.8 Å². The maximum absolute atomic E-state index is 13.8. The van der Waals surface area contributed by atoms with E-state index in [1.165, 1.54) is 0 Å². The second kappa shape index (κ2) is 14.0. The minimum absolute atomic E-state index is 0.00185. The second-order valence-corrected chi connectivity index (χ2v) is 11.0. The van der Waals surface area contributed by atoms with Gasteiger partial charge in [-0.15, -0.1) is 0 Å². The van der Waals surface area contributed by atoms with E-state index in [1.54, 1.807) is 30.9 Å². The molecule has 1 aliphatic heterocycles. The predicted octanol–water partition coefficient (Wildman–Crippen LogP) is 3.25. The summed E-state index contributed by atoms with van der Waals surface area (Å²) >= 11 is 0. The summed E-state index contributed by atoms with van der Waals surface area (Å²) in [6.07, 6.45) is 7.40. The average molecular weight is 561 g/mol. The number of rotatable bonds is 11. The molecule has 0 spiro atoms. The predicted molar refractivity (Wildman–Crippen MR) is 157 cm³/mol. The van der Waals surface area contributed by atoms with Crippen LogP contribution in [0.5, 0.6) is 0 Å². The number of amides is 3. The number of anilines is 1. The molecule has 4 rings (SSSR count). The van der Waals surface area contributed by atoms with E-state index in [0.29, 0.717) is 0 Å². The van der Waals surface area contributed by atoms with Crippen molar-refractivity contribution in [2.45, 2.75) is 63.8 Å². The molecule has 0 aliphatic carbocycles. The molecule has 1 aromatic heterocycles. The van der Waals surface area contributed by atoms with Gasteiger partial charge in [-0.05, 0) is 37.8 Å². The van der Waals surface area contributed by atoms with Gasteiger partial charge in [-0.1, -0.05) is 73.5 Å². The third kappa shape index (κ3) is 8.48. The fraction of sp³-hybridized carbons (Fsp3) is 0.419. The highest BCUT2D eigenvalue weighted by molar-refractivity contribution is 5.98. The SMILES string of the molecule is CC(C)(N)C(=O)NC(COCc1ccccc1)C(=O)Nc1cn(C(C(=O)N2CCCCCC2)c2ccccc2)cn1. The van der Waals surface area contributed by atoms with E-state index in [4.69, 9.17) is 10.5 Å². The molecule has 10 heteroatoms. The molecule has 1 aliphatic rings. The molecule has 1 fully saturated rings. The number of imidazole rings is 1. The van der Waals surface area contributed by atoms with Crippen molar-refractivity contribution < 1.29 is 19.1 Å². The van der Waals surface area contributed by atoms with Crippen molar-refractivity contribution in [1.29, 1.82) is 0 Å². The largest absolute Gasteiger partial charge is 0.374 e. The van der Waals surface area contributed by atoms with Gasteiger partial charge in [0.25, 0.3) is 5.91 Å². The smallest absolute Gasteiger partial charge is 0.250 e. The van der Waals surface area contributed by atoms with Crippen molar-refractivity contribution >= 4 is 23.5 Å². The Kier molecular flexibility index (Phi) is 10.3. The molecule has 218 valence electrons. The van der Waals surface area contributed by atoms with Gasteiger partial charge in [-0.2, -0.15) is 0 Å². The fourth-order valence-electron chi connectivity index (χ4n) is 4.69. The normalized spacial score (nSPS) is 15.4. The van der Waals surface area contributed by atoms with Gasteiger partial charge >= 0.3 is 0 Å². The minimum atomic E-state index is -1.18. The molecular formula is C31H40N6O4. The molecule has 2 heterocycles. The Hall–Kier alpha value is -4.02. The number of likely N-dealkylation sites (tertiary alicyclic amines) is 1. The Labute approximate surface area is 241 Å². The van der Waals surface area contributed by atoms with Gasteiger partial charge in [0.15, 0.2) is 5.82 Å². The van der Waals surface area contributed by atoms with E-state index in [0.717, 1.165) is 49.9 Å². The topological polar surface area (TPSA) is 132 Å². The number of hydrogen-bond donors (Lipinski definition) is 3. The highest BCUT2D eigenvalue weighted by atomic mass is 16.5. The summed E-state index contributed by atoms with van der Waals surface area (Å²) in [6.45, 7) is 4.79. The van der Waals surface area contributed by atoms with Gasteiger partial charge in [-0.3, -0.25) is 14.4 Å². The quantitative estimate of drug-likeness (QED) is 0.330. The molecule has 3 amide bonds. The Bertz CT molecular complexity index is 1280. The van der Waals surface area contributed by atoms with Crippen molar-refractivity contribution in [3.63, 3.8) is 0 Å². The molecule has 1 saturated heterocycles. The lowest BCUT2D eigenvalue weighted by Crippen LogP contribution is -2.56. The Morgan fingerprint density at radius 3 is 2.24 bits per heavy atom. The van der Waals surface area contributed by atoms with E-state index in [9.17, 15) is 14.4 Å². The monoisotopic (exact) mass is 560 g/mol. The zero-order valence-corrected chi connectivity index (χ0v) is 23.8. The van der Waals surface area contributed by atoms with Crippen LogP contribution in [0.4, 0.5) is 5.82 Å². The second-order valence-electron chi connectivity index (χ2n) is 11.0. The molecule has 2 unspecified atom stereocenters. The highest BCUT2D eigenvalue weighted by Gasteiger charge is 2.30. The van der Waals surface area contributed by atoms with Crippen LogP contribution in [0.25, 0.3) is 0 Å². The van der Waals surface area contributed by atoms with Crippen LogP contribution in [-0.2, 0) is 25.7 Å². The van der Waals surface area contributed by atoms with Crippen molar-refractivity contribution in [1.82, 2.24) is 19.8 Å². The molecule has 2 atom stereocenters. The number of carbonyl (C=O) groups excluding carboxylic acids is 3. The van der Waals surface area contributed by atoms with Crippen molar-refractivity contribution in [3.05, 3.63) is 84.3 Å². The third-order valence-corrected chi connectivity index (χ3v) is 7.02. The molecule has 3 aromatic rings. The molecule has 0 saturated carbocycles. The van der Waals surface area contributed by atoms with Crippen LogP contribution in [0.2, 0.25) is 0 Å². The Balaban J connectivity index is 1.50. The lowest BCUT2D eigenvalue weighted by Gasteiger charge is -2.27. The van der Waals surface area contributed by atoms with Crippen LogP contribution in [0, 0.1) is 0 Å². The molecule has 2 aromatic carbocycles. The van der Waals surface area contributed by atoms with Gasteiger partial charge in [0.1, 0.15) is 12.1 Å². The number of carbonyl (C=O) groups is 3. The number of aromatic nitrogens is 2. The molecule has 41 heavy (non-hydrogen) atoms. The maximum atomic E-state index is 13.8. The zero-order chi connectivity index (χ0) is 29.2. The van der Waals surface area contributed by atoms with Crippen LogP contribution < -0.4 is 16.4 Å². The van der Waals surface area contributed by atoms with E-state index in [1.807, 2.05) is 65.6 Å². The summed E-state index contributed by atoms with van der Waals surface area (Å²) in [5.74, 6) is -0.735. The number of benzene rings is 2. The van der Waals surface area contributed by atoms with Gasteiger partial charge in [-0.25, -0.2) is 4.98 Å². The number of nitrogens with one attached hydrogen (secondary N) is 2. The van der Waals surface area contributed by atoms with Crippen molar-refractivity contribution in [2.75, 3.05) is 25.0 Å². The van der Waals surface area contributed by atoms with Gasteiger partial charge in [0.05, 0.1) is 25.1 Å². The zero-order valence-electron chi connectivity index (χ0n) is 23.8. The lowest BCUT2D eigenvalue weighted by molar-refractivity contribution is -0.133. The fourth-order valence-corrected chi connectivity index (χ4v) is 4.69. The van der Waals surface area contributed by atoms with Gasteiger partial charge < -0.3 is 30.6 Å². The van der Waals surface area contributed by atoms with Crippen LogP contribution in [0.1, 0.15) is 56.7 Å². The maximum Gasteiger partial charge on any atom is 0.250 e. The summed E-state index contributed by atoms with van der Waals surface area (Å²) in [5, 5.41) is 5.46. The number of hydrogen-bond acceptors (Lipinski definition) is 6. The van der Waals surface area contributed by atoms with Crippen molar-refractivity contribution in [3.8, 4) is 0 Å². The van der Waals surface area contributed by atoms with E-state index in [2.05, 4.69) is 15.6 Å². The molecule has 4 N–H and O–H groups in total. The summed E-state index contributed by atoms with van der Waals surface area (Å²) in [4.78, 5) is 46.0. The summed E-state index contributed by atoms with van der Waals surface area (Å²) in [7, 11) is 0. The summed E-state index contributed by atoms with van der Waals surface area (Å²) in [5.41, 5.74) is 6.55. The van der Waals surface area contributed by atoms with Crippen molar-refractivity contribution in [2.24, 2.45) is 5.73 Å². The number of nitrogens with two attached hydrogens (primary N) is 1. The van der Waals surface area contributed by atoms with E-state index in [-0.39, 0.29) is 24.9 Å². The van der Waals surface area contributed by atoms with E-state index >= 15 is 0 Å². The minimum Gasteiger partial charge on any atom is -0.374 e. The molecule has 10 nitrogen and oxygen atoms in total. The first-order chi connectivity index (χ1) is 19.7. The third-order valence-electron chi connectivity index (χ3n) is 7.02. The van der Waals surface area contributed by atoms with Crippen LogP contribution >= 0.6 is 0 Å². The van der Waals surface area contributed by atoms with Gasteiger partial charge in [0, 0.05) is 19.3 Å². The molecule has 0 bridgehead atoms. The highest BCUT2D eigenvalue weighted by Crippen LogP contribution is 2.24. The van der Waals surface area contributed by atoms with E-state index < -0.39 is 29.4 Å². The first kappa shape index (κ1) is 30.0. The number of ether oxygens (including phenoxy) is 1. The van der Waals surface area contributed by atoms with Crippen LogP contribution in [0.15, 0.2) is 73.2 Å². The first-order valence-corrected chi connectivity index (χ1v) is 14.1. The molecular weight excluding hydrogens is 520 g/mol. The molecule has 0 radical (unpaired) electrons. The average Bonchev–Trinajstić information content (AvgIpc) is 3.23. The summed E-state index contributed by atoms with van der Waals surface area (Å²) < 4.78 is 7.50. The van der Waals surface area contributed by atoms with Crippen LogP contribution in [0.3, 0.4) is 0 Å². The standard InChI is InChI=1S/C31H40N6O4/c1-31(2,32)30(40)34-25(21-41-20-23-13-7-5-8-14-23)28(38)35-26-19-37(22-33-26)27(24-15-9-6-10-16-24)29(39)36-17-11-3-4-12-18-36/h5-10,13-16,19,22,25,27H,3-4,11-12,17-18,20-21,32H2,1-2H3,(H,34,40)(H,35,38). The first-order valence-electron chi connectivity index (χ1n) is 14.1. The van der Waals surface area contributed by atoms with Crippen LogP contribution in [-0.4, -0.2) is 63.4 Å². The summed E-state index contributed by atoms with van der Waals surface area (Å²) in [6, 6.07) is 17.5. The Morgan fingerprint density at radius 1 is 0.976 bits per heavy atom. The lowest BCUT2D eigenvalue weighted by atomic mass is 10.1. The Morgan fingerprint density at radius 2 is 1.61 bits per heavy atom.